The number of rotatable bonds is 7. The third-order valence-electron chi connectivity index (χ3n) is 5.39. The highest BCUT2D eigenvalue weighted by molar-refractivity contribution is 7.89. The first-order chi connectivity index (χ1) is 15.2. The average Bonchev–Trinajstić information content (AvgIpc) is 2.76. The maximum Gasteiger partial charge on any atom is 0.309 e. The van der Waals surface area contributed by atoms with Crippen LogP contribution >= 0.6 is 23.2 Å². The summed E-state index contributed by atoms with van der Waals surface area (Å²) < 4.78 is 32.2. The molecule has 0 bridgehead atoms. The second-order valence-electron chi connectivity index (χ2n) is 7.54. The van der Waals surface area contributed by atoms with Crippen molar-refractivity contribution < 1.29 is 22.7 Å². The standard InChI is InChI=1S/C22H24Cl2N2O5S/c1-15-5-2-3-6-17(15)13-25-20(27)14-31-22(28)16-9-11-26(12-10-16)32(29,30)21-18(23)7-4-8-19(21)24/h2-8,16H,9-14H2,1H3,(H,25,27). The number of sulfonamides is 1. The smallest absolute Gasteiger partial charge is 0.309 e. The largest absolute Gasteiger partial charge is 0.455 e. The zero-order valence-electron chi connectivity index (χ0n) is 17.5. The number of piperidine rings is 1. The molecule has 0 aromatic heterocycles. The normalized spacial score (nSPS) is 15.3. The lowest BCUT2D eigenvalue weighted by atomic mass is 9.98. The fourth-order valence-electron chi connectivity index (χ4n) is 3.50. The summed E-state index contributed by atoms with van der Waals surface area (Å²) in [4.78, 5) is 24.2. The topological polar surface area (TPSA) is 92.8 Å². The zero-order chi connectivity index (χ0) is 23.3. The molecule has 1 heterocycles. The molecule has 0 unspecified atom stereocenters. The van der Waals surface area contributed by atoms with Gasteiger partial charge < -0.3 is 10.1 Å². The molecule has 0 spiro atoms. The van der Waals surface area contributed by atoms with Gasteiger partial charge in [-0.2, -0.15) is 4.31 Å². The van der Waals surface area contributed by atoms with Crippen LogP contribution in [0.1, 0.15) is 24.0 Å². The maximum absolute atomic E-state index is 12.9. The highest BCUT2D eigenvalue weighted by Gasteiger charge is 2.35. The number of hydrogen-bond donors (Lipinski definition) is 1. The number of aryl methyl sites for hydroxylation is 1. The van der Waals surface area contributed by atoms with Crippen molar-refractivity contribution in [2.45, 2.75) is 31.2 Å². The van der Waals surface area contributed by atoms with Crippen molar-refractivity contribution in [1.82, 2.24) is 9.62 Å². The monoisotopic (exact) mass is 498 g/mol. The van der Waals surface area contributed by atoms with Crippen molar-refractivity contribution in [1.29, 1.82) is 0 Å². The third-order valence-corrected chi connectivity index (χ3v) is 8.24. The number of amides is 1. The minimum Gasteiger partial charge on any atom is -0.455 e. The molecule has 32 heavy (non-hydrogen) atoms. The van der Waals surface area contributed by atoms with Crippen LogP contribution in [0, 0.1) is 12.8 Å². The number of benzene rings is 2. The Morgan fingerprint density at radius 1 is 1.06 bits per heavy atom. The molecule has 2 aromatic carbocycles. The van der Waals surface area contributed by atoms with Gasteiger partial charge in [0, 0.05) is 19.6 Å². The Morgan fingerprint density at radius 2 is 1.69 bits per heavy atom. The summed E-state index contributed by atoms with van der Waals surface area (Å²) >= 11 is 12.1. The molecule has 1 aliphatic heterocycles. The van der Waals surface area contributed by atoms with Crippen molar-refractivity contribution >= 4 is 45.1 Å². The van der Waals surface area contributed by atoms with E-state index in [2.05, 4.69) is 5.32 Å². The zero-order valence-corrected chi connectivity index (χ0v) is 19.8. The minimum atomic E-state index is -3.88. The van der Waals surface area contributed by atoms with E-state index in [1.54, 1.807) is 6.07 Å². The summed E-state index contributed by atoms with van der Waals surface area (Å²) in [6, 6.07) is 12.2. The first-order valence-corrected chi connectivity index (χ1v) is 12.3. The lowest BCUT2D eigenvalue weighted by Crippen LogP contribution is -2.41. The van der Waals surface area contributed by atoms with E-state index in [0.29, 0.717) is 6.54 Å². The molecule has 0 radical (unpaired) electrons. The first-order valence-electron chi connectivity index (χ1n) is 10.1. The summed E-state index contributed by atoms with van der Waals surface area (Å²) in [5.41, 5.74) is 2.05. The van der Waals surface area contributed by atoms with E-state index in [9.17, 15) is 18.0 Å². The number of ether oxygens (including phenoxy) is 1. The van der Waals surface area contributed by atoms with Gasteiger partial charge in [0.15, 0.2) is 6.61 Å². The molecule has 2 aromatic rings. The lowest BCUT2D eigenvalue weighted by molar-refractivity contribution is -0.153. The number of halogens is 2. The van der Waals surface area contributed by atoms with Gasteiger partial charge in [-0.25, -0.2) is 8.42 Å². The van der Waals surface area contributed by atoms with Gasteiger partial charge in [-0.15, -0.1) is 0 Å². The Hall–Kier alpha value is -2.13. The van der Waals surface area contributed by atoms with Gasteiger partial charge in [0.2, 0.25) is 10.0 Å². The molecule has 1 saturated heterocycles. The molecular weight excluding hydrogens is 475 g/mol. The minimum absolute atomic E-state index is 0.0516. The second-order valence-corrected chi connectivity index (χ2v) is 10.2. The molecule has 172 valence electrons. The van der Waals surface area contributed by atoms with Crippen LogP contribution in [0.5, 0.6) is 0 Å². The number of esters is 1. The number of carbonyl (C=O) groups excluding carboxylic acids is 2. The van der Waals surface area contributed by atoms with Crippen LogP contribution in [-0.4, -0.2) is 44.3 Å². The Bertz CT molecular complexity index is 1080. The first kappa shape index (κ1) is 24.5. The molecule has 7 nitrogen and oxygen atoms in total. The highest BCUT2D eigenvalue weighted by Crippen LogP contribution is 2.33. The van der Waals surface area contributed by atoms with Crippen LogP contribution in [0.2, 0.25) is 10.0 Å². The number of carbonyl (C=O) groups is 2. The summed E-state index contributed by atoms with van der Waals surface area (Å²) in [5, 5.41) is 2.83. The molecular formula is C22H24Cl2N2O5S. The van der Waals surface area contributed by atoms with Crippen molar-refractivity contribution in [3.8, 4) is 0 Å². The van der Waals surface area contributed by atoms with Crippen LogP contribution < -0.4 is 5.32 Å². The Labute approximate surface area is 197 Å². The fraction of sp³-hybridized carbons (Fsp3) is 0.364. The average molecular weight is 499 g/mol. The van der Waals surface area contributed by atoms with Gasteiger partial charge in [0.25, 0.3) is 5.91 Å². The van der Waals surface area contributed by atoms with E-state index in [-0.39, 0.29) is 47.5 Å². The van der Waals surface area contributed by atoms with Gasteiger partial charge in [-0.3, -0.25) is 9.59 Å². The van der Waals surface area contributed by atoms with E-state index in [1.165, 1.54) is 16.4 Å². The molecule has 3 rings (SSSR count). The van der Waals surface area contributed by atoms with E-state index in [4.69, 9.17) is 27.9 Å². The highest BCUT2D eigenvalue weighted by atomic mass is 35.5. The molecule has 1 fully saturated rings. The predicted octanol–water partition coefficient (Wildman–Crippen LogP) is 3.56. The van der Waals surface area contributed by atoms with Gasteiger partial charge in [0.1, 0.15) is 4.90 Å². The van der Waals surface area contributed by atoms with Gasteiger partial charge in [-0.1, -0.05) is 53.5 Å². The summed E-state index contributed by atoms with van der Waals surface area (Å²) in [5.74, 6) is -1.38. The van der Waals surface area contributed by atoms with E-state index in [1.807, 2.05) is 31.2 Å². The van der Waals surface area contributed by atoms with Crippen LogP contribution in [0.25, 0.3) is 0 Å². The van der Waals surface area contributed by atoms with Crippen LogP contribution in [-0.2, 0) is 30.9 Å². The predicted molar refractivity (Wildman–Crippen MR) is 122 cm³/mol. The summed E-state index contributed by atoms with van der Waals surface area (Å²) in [6.45, 7) is 2.18. The molecule has 1 amide bonds. The third kappa shape index (κ3) is 5.81. The molecule has 0 aliphatic carbocycles. The summed E-state index contributed by atoms with van der Waals surface area (Å²) in [6.07, 6.45) is 0.565. The van der Waals surface area contributed by atoms with Crippen molar-refractivity contribution in [3.63, 3.8) is 0 Å². The van der Waals surface area contributed by atoms with Crippen molar-refractivity contribution in [2.24, 2.45) is 5.92 Å². The molecule has 10 heteroatoms. The Balaban J connectivity index is 1.48. The SMILES string of the molecule is Cc1ccccc1CNC(=O)COC(=O)C1CCN(S(=O)(=O)c2c(Cl)cccc2Cl)CC1. The maximum atomic E-state index is 12.9. The second kappa shape index (κ2) is 10.7. The van der Waals surface area contributed by atoms with Crippen LogP contribution in [0.4, 0.5) is 0 Å². The van der Waals surface area contributed by atoms with Crippen LogP contribution in [0.3, 0.4) is 0 Å². The van der Waals surface area contributed by atoms with Gasteiger partial charge >= 0.3 is 5.97 Å². The fourth-order valence-corrected chi connectivity index (χ4v) is 6.06. The Kier molecular flexibility index (Phi) is 8.16. The number of hydrogen-bond acceptors (Lipinski definition) is 5. The molecule has 0 saturated carbocycles. The van der Waals surface area contributed by atoms with Crippen LogP contribution in [0.15, 0.2) is 47.4 Å². The summed E-state index contributed by atoms with van der Waals surface area (Å²) in [7, 11) is -3.88. The van der Waals surface area contributed by atoms with E-state index >= 15 is 0 Å². The van der Waals surface area contributed by atoms with Gasteiger partial charge in [0.05, 0.1) is 16.0 Å². The van der Waals surface area contributed by atoms with Crippen molar-refractivity contribution in [2.75, 3.05) is 19.7 Å². The van der Waals surface area contributed by atoms with Gasteiger partial charge in [-0.05, 0) is 43.0 Å². The van der Waals surface area contributed by atoms with E-state index in [0.717, 1.165) is 11.1 Å². The molecule has 1 aliphatic rings. The van der Waals surface area contributed by atoms with Crippen molar-refractivity contribution in [3.05, 3.63) is 63.6 Å². The number of nitrogens with zero attached hydrogens (tertiary/aromatic N) is 1. The number of nitrogens with one attached hydrogen (secondary N) is 1. The molecule has 1 N–H and O–H groups in total. The quantitative estimate of drug-likeness (QED) is 0.589. The lowest BCUT2D eigenvalue weighted by Gasteiger charge is -2.30. The van der Waals surface area contributed by atoms with E-state index < -0.39 is 27.8 Å². The molecule has 0 atom stereocenters. The Morgan fingerprint density at radius 3 is 2.31 bits per heavy atom.